The summed E-state index contributed by atoms with van der Waals surface area (Å²) < 4.78 is 32.4. The van der Waals surface area contributed by atoms with Crippen LogP contribution in [0.3, 0.4) is 0 Å². The minimum absolute atomic E-state index is 0.0608. The molecular weight excluding hydrogens is 390 g/mol. The molecule has 1 amide bonds. The Balaban J connectivity index is 1.63. The zero-order chi connectivity index (χ0) is 20.4. The summed E-state index contributed by atoms with van der Waals surface area (Å²) in [6.45, 7) is 0.755. The van der Waals surface area contributed by atoms with Crippen molar-refractivity contribution in [1.82, 2.24) is 14.8 Å². The Morgan fingerprint density at radius 1 is 1.14 bits per heavy atom. The molecule has 0 aliphatic carbocycles. The van der Waals surface area contributed by atoms with Crippen LogP contribution in [0.25, 0.3) is 11.1 Å². The van der Waals surface area contributed by atoms with Crippen LogP contribution < -0.4 is 5.32 Å². The largest absolute Gasteiger partial charge is 0.364 e. The molecule has 1 unspecified atom stereocenters. The number of nitrogens with zero attached hydrogens (tertiary/aromatic N) is 2. The molecule has 1 N–H and O–H groups in total. The maximum Gasteiger partial charge on any atom is 0.243 e. The second-order valence-corrected chi connectivity index (χ2v) is 9.09. The number of sulfonamides is 1. The van der Waals surface area contributed by atoms with Gasteiger partial charge in [-0.25, -0.2) is 8.42 Å². The van der Waals surface area contributed by atoms with Crippen LogP contribution in [0.4, 0.5) is 0 Å². The molecule has 3 aromatic rings. The van der Waals surface area contributed by atoms with E-state index in [1.54, 1.807) is 24.3 Å². The first kappa shape index (κ1) is 19.4. The molecule has 29 heavy (non-hydrogen) atoms. The van der Waals surface area contributed by atoms with Crippen LogP contribution in [0.5, 0.6) is 0 Å². The number of aromatic nitrogens is 1. The number of amides is 1. The van der Waals surface area contributed by atoms with Gasteiger partial charge >= 0.3 is 0 Å². The average molecular weight is 411 g/mol. The van der Waals surface area contributed by atoms with E-state index in [9.17, 15) is 13.2 Å². The summed E-state index contributed by atoms with van der Waals surface area (Å²) >= 11 is 0. The summed E-state index contributed by atoms with van der Waals surface area (Å²) in [5.74, 6) is 0.217. The van der Waals surface area contributed by atoms with Crippen LogP contribution in [0, 0.1) is 0 Å². The van der Waals surface area contributed by atoms with E-state index < -0.39 is 10.0 Å². The van der Waals surface area contributed by atoms with Crippen LogP contribution in [0.2, 0.25) is 0 Å². The first-order chi connectivity index (χ1) is 13.9. The van der Waals surface area contributed by atoms with Gasteiger partial charge in [-0.2, -0.15) is 4.31 Å². The molecule has 7 nitrogen and oxygen atoms in total. The fourth-order valence-corrected chi connectivity index (χ4v) is 4.86. The third-order valence-corrected chi connectivity index (χ3v) is 6.98. The fourth-order valence-electron chi connectivity index (χ4n) is 3.51. The van der Waals surface area contributed by atoms with Crippen LogP contribution in [0.15, 0.2) is 70.3 Å². The van der Waals surface area contributed by atoms with Crippen molar-refractivity contribution >= 4 is 15.9 Å². The molecule has 1 aliphatic heterocycles. The molecule has 150 valence electrons. The molecule has 4 rings (SSSR count). The van der Waals surface area contributed by atoms with Crippen LogP contribution in [-0.2, 0) is 21.4 Å². The van der Waals surface area contributed by atoms with Gasteiger partial charge in [-0.15, -0.1) is 0 Å². The highest BCUT2D eigenvalue weighted by Crippen LogP contribution is 2.31. The van der Waals surface area contributed by atoms with Crippen molar-refractivity contribution < 1.29 is 17.7 Å². The van der Waals surface area contributed by atoms with Crippen molar-refractivity contribution in [3.8, 4) is 11.1 Å². The van der Waals surface area contributed by atoms with Gasteiger partial charge in [0.1, 0.15) is 6.26 Å². The lowest BCUT2D eigenvalue weighted by molar-refractivity contribution is -0.119. The number of benzene rings is 2. The maximum absolute atomic E-state index is 13.2. The molecule has 0 spiro atoms. The molecule has 0 saturated carbocycles. The Hall–Kier alpha value is -2.97. The van der Waals surface area contributed by atoms with Crippen molar-refractivity contribution in [2.24, 2.45) is 0 Å². The lowest BCUT2D eigenvalue weighted by atomic mass is 9.95. The standard InChI is InChI=1S/C21H21N3O4S/c1-24(14-18-10-11-28-23-18)29(26,27)20-5-3-2-4-19(20)16-8-6-15(7-9-16)17-12-21(25)22-13-17/h2-11,17H,12-14H2,1H3,(H,22,25). The van der Waals surface area contributed by atoms with Crippen LogP contribution in [-0.4, -0.2) is 37.4 Å². The van der Waals surface area contributed by atoms with Gasteiger partial charge in [-0.05, 0) is 17.2 Å². The summed E-state index contributed by atoms with van der Waals surface area (Å²) in [6, 6.07) is 16.3. The second kappa shape index (κ2) is 7.81. The minimum Gasteiger partial charge on any atom is -0.364 e. The van der Waals surface area contributed by atoms with Gasteiger partial charge in [0.05, 0.1) is 17.1 Å². The normalized spacial score (nSPS) is 16.9. The van der Waals surface area contributed by atoms with E-state index in [0.29, 0.717) is 24.2 Å². The highest BCUT2D eigenvalue weighted by Gasteiger charge is 2.26. The van der Waals surface area contributed by atoms with E-state index in [0.717, 1.165) is 11.1 Å². The first-order valence-corrected chi connectivity index (χ1v) is 10.7. The van der Waals surface area contributed by atoms with E-state index in [2.05, 4.69) is 10.5 Å². The Bertz CT molecular complexity index is 1110. The molecule has 1 fully saturated rings. The first-order valence-electron chi connectivity index (χ1n) is 9.27. The lowest BCUT2D eigenvalue weighted by Crippen LogP contribution is -2.27. The predicted molar refractivity (Wildman–Crippen MR) is 107 cm³/mol. The quantitative estimate of drug-likeness (QED) is 0.673. The Morgan fingerprint density at radius 3 is 2.55 bits per heavy atom. The molecule has 1 saturated heterocycles. The third-order valence-electron chi connectivity index (χ3n) is 5.12. The van der Waals surface area contributed by atoms with Crippen molar-refractivity contribution in [1.29, 1.82) is 0 Å². The molecule has 2 aromatic carbocycles. The average Bonchev–Trinajstić information content (AvgIpc) is 3.40. The predicted octanol–water partition coefficient (Wildman–Crippen LogP) is 2.77. The summed E-state index contributed by atoms with van der Waals surface area (Å²) in [4.78, 5) is 11.7. The molecule has 1 aliphatic rings. The molecule has 1 atom stereocenters. The zero-order valence-corrected chi connectivity index (χ0v) is 16.7. The SMILES string of the molecule is CN(Cc1ccon1)S(=O)(=O)c1ccccc1-c1ccc(C2CNC(=O)C2)cc1. The number of hydrogen-bond acceptors (Lipinski definition) is 5. The van der Waals surface area contributed by atoms with Gasteiger partial charge in [0, 0.05) is 37.6 Å². The smallest absolute Gasteiger partial charge is 0.243 e. The van der Waals surface area contributed by atoms with Crippen molar-refractivity contribution in [3.05, 3.63) is 72.1 Å². The van der Waals surface area contributed by atoms with Crippen LogP contribution in [0.1, 0.15) is 23.6 Å². The van der Waals surface area contributed by atoms with E-state index in [1.165, 1.54) is 17.6 Å². The highest BCUT2D eigenvalue weighted by molar-refractivity contribution is 7.89. The van der Waals surface area contributed by atoms with Gasteiger partial charge in [0.25, 0.3) is 0 Å². The summed E-state index contributed by atoms with van der Waals surface area (Å²) in [6.07, 6.45) is 1.90. The second-order valence-electron chi connectivity index (χ2n) is 7.08. The molecular formula is C21H21N3O4S. The van der Waals surface area contributed by atoms with Gasteiger partial charge < -0.3 is 9.84 Å². The Labute approximate surface area is 169 Å². The van der Waals surface area contributed by atoms with Crippen molar-refractivity contribution in [3.63, 3.8) is 0 Å². The lowest BCUT2D eigenvalue weighted by Gasteiger charge is -2.18. The summed E-state index contributed by atoms with van der Waals surface area (Å²) in [5, 5.41) is 6.62. The minimum atomic E-state index is -3.73. The summed E-state index contributed by atoms with van der Waals surface area (Å²) in [7, 11) is -2.21. The van der Waals surface area contributed by atoms with E-state index in [1.807, 2.05) is 30.3 Å². The molecule has 8 heteroatoms. The van der Waals surface area contributed by atoms with Crippen molar-refractivity contribution in [2.45, 2.75) is 23.8 Å². The number of hydrogen-bond donors (Lipinski definition) is 1. The van der Waals surface area contributed by atoms with Gasteiger partial charge in [0.2, 0.25) is 15.9 Å². The fraction of sp³-hybridized carbons (Fsp3) is 0.238. The molecule has 0 radical (unpaired) electrons. The Kier molecular flexibility index (Phi) is 5.21. The van der Waals surface area contributed by atoms with Crippen molar-refractivity contribution in [2.75, 3.05) is 13.6 Å². The molecule has 2 heterocycles. The van der Waals surface area contributed by atoms with Crippen LogP contribution >= 0.6 is 0 Å². The third kappa shape index (κ3) is 3.94. The van der Waals surface area contributed by atoms with Gasteiger partial charge in [-0.1, -0.05) is 47.6 Å². The van der Waals surface area contributed by atoms with E-state index >= 15 is 0 Å². The summed E-state index contributed by atoms with van der Waals surface area (Å²) in [5.41, 5.74) is 3.04. The number of nitrogens with one attached hydrogen (secondary N) is 1. The van der Waals surface area contributed by atoms with Gasteiger partial charge in [0.15, 0.2) is 0 Å². The topological polar surface area (TPSA) is 92.5 Å². The monoisotopic (exact) mass is 411 g/mol. The van der Waals surface area contributed by atoms with E-state index in [4.69, 9.17) is 4.52 Å². The number of rotatable bonds is 6. The zero-order valence-electron chi connectivity index (χ0n) is 15.9. The maximum atomic E-state index is 13.2. The number of carbonyl (C=O) groups is 1. The number of carbonyl (C=O) groups excluding carboxylic acids is 1. The molecule has 1 aromatic heterocycles. The van der Waals surface area contributed by atoms with E-state index in [-0.39, 0.29) is 23.3 Å². The van der Waals surface area contributed by atoms with Gasteiger partial charge in [-0.3, -0.25) is 4.79 Å². The highest BCUT2D eigenvalue weighted by atomic mass is 32.2. The Morgan fingerprint density at radius 2 is 1.90 bits per heavy atom. The molecule has 0 bridgehead atoms.